The van der Waals surface area contributed by atoms with E-state index in [-0.39, 0.29) is 5.91 Å². The van der Waals surface area contributed by atoms with Gasteiger partial charge in [0.1, 0.15) is 0 Å². The van der Waals surface area contributed by atoms with E-state index < -0.39 is 12.1 Å². The number of carbonyl (C=O) groups excluding carboxylic acids is 2. The Morgan fingerprint density at radius 3 is 2.40 bits per heavy atom. The number of hydrogen-bond acceptors (Lipinski definition) is 3. The summed E-state index contributed by atoms with van der Waals surface area (Å²) in [4.78, 5) is 24.6. The number of amides is 1. The first-order chi connectivity index (χ1) is 11.9. The summed E-state index contributed by atoms with van der Waals surface area (Å²) in [5, 5.41) is 2.87. The molecule has 4 nitrogen and oxygen atoms in total. The van der Waals surface area contributed by atoms with Gasteiger partial charge in [0.2, 0.25) is 0 Å². The molecule has 25 heavy (non-hydrogen) atoms. The second kappa shape index (κ2) is 8.81. The maximum atomic E-state index is 12.4. The lowest BCUT2D eigenvalue weighted by molar-refractivity contribution is -0.123. The zero-order valence-corrected chi connectivity index (χ0v) is 16.2. The minimum atomic E-state index is -0.899. The predicted molar refractivity (Wildman–Crippen MR) is 103 cm³/mol. The molecule has 2 aromatic rings. The van der Waals surface area contributed by atoms with Gasteiger partial charge in [-0.05, 0) is 59.0 Å². The van der Waals surface area contributed by atoms with Crippen LogP contribution >= 0.6 is 15.9 Å². The number of halogens is 1. The van der Waals surface area contributed by atoms with Crippen LogP contribution in [0.15, 0.2) is 53.0 Å². The summed E-state index contributed by atoms with van der Waals surface area (Å²) in [6.45, 7) is 5.78. The third-order valence-electron chi connectivity index (χ3n) is 4.11. The van der Waals surface area contributed by atoms with Crippen LogP contribution in [0, 0.1) is 0 Å². The molecular weight excluding hydrogens is 382 g/mol. The Morgan fingerprint density at radius 1 is 1.08 bits per heavy atom. The third kappa shape index (κ3) is 4.92. The van der Waals surface area contributed by atoms with Gasteiger partial charge in [-0.2, -0.15) is 0 Å². The van der Waals surface area contributed by atoms with Crippen molar-refractivity contribution < 1.29 is 14.3 Å². The summed E-state index contributed by atoms with van der Waals surface area (Å²) in [6.07, 6.45) is 0.0732. The summed E-state index contributed by atoms with van der Waals surface area (Å²) in [7, 11) is 0. The molecule has 2 atom stereocenters. The van der Waals surface area contributed by atoms with E-state index in [4.69, 9.17) is 4.74 Å². The molecule has 1 N–H and O–H groups in total. The van der Waals surface area contributed by atoms with Crippen molar-refractivity contribution in [2.24, 2.45) is 0 Å². The number of benzene rings is 2. The molecule has 2 aromatic carbocycles. The molecule has 0 saturated heterocycles. The molecule has 0 aromatic heterocycles. The highest BCUT2D eigenvalue weighted by Gasteiger charge is 2.21. The molecule has 0 aliphatic heterocycles. The fourth-order valence-corrected chi connectivity index (χ4v) is 2.85. The quantitative estimate of drug-likeness (QED) is 0.678. The van der Waals surface area contributed by atoms with Crippen LogP contribution < -0.4 is 5.32 Å². The van der Waals surface area contributed by atoms with Gasteiger partial charge in [0, 0.05) is 10.2 Å². The Kier molecular flexibility index (Phi) is 6.76. The average molecular weight is 404 g/mol. The van der Waals surface area contributed by atoms with E-state index in [0.29, 0.717) is 16.0 Å². The molecule has 0 fully saturated rings. The Labute approximate surface area is 156 Å². The van der Waals surface area contributed by atoms with Gasteiger partial charge < -0.3 is 10.1 Å². The van der Waals surface area contributed by atoms with E-state index in [1.54, 1.807) is 25.1 Å². The van der Waals surface area contributed by atoms with Gasteiger partial charge in [-0.15, -0.1) is 0 Å². The maximum absolute atomic E-state index is 12.4. The monoisotopic (exact) mass is 403 g/mol. The molecule has 5 heteroatoms. The topological polar surface area (TPSA) is 55.4 Å². The SMILES string of the molecule is CC[C@H](C)c1ccccc1NC(=O)[C@@H](C)OC(=O)c1ccccc1Br. The van der Waals surface area contributed by atoms with Crippen molar-refractivity contribution in [2.45, 2.75) is 39.2 Å². The van der Waals surface area contributed by atoms with Crippen molar-refractivity contribution in [2.75, 3.05) is 5.32 Å². The molecule has 0 heterocycles. The van der Waals surface area contributed by atoms with Gasteiger partial charge in [0.05, 0.1) is 5.56 Å². The van der Waals surface area contributed by atoms with Crippen LogP contribution in [0.3, 0.4) is 0 Å². The lowest BCUT2D eigenvalue weighted by Crippen LogP contribution is -2.30. The number of nitrogens with one attached hydrogen (secondary N) is 1. The third-order valence-corrected chi connectivity index (χ3v) is 4.80. The van der Waals surface area contributed by atoms with Crippen LogP contribution in [0.25, 0.3) is 0 Å². The summed E-state index contributed by atoms with van der Waals surface area (Å²) < 4.78 is 5.93. The highest BCUT2D eigenvalue weighted by molar-refractivity contribution is 9.10. The first-order valence-electron chi connectivity index (χ1n) is 8.29. The van der Waals surface area contributed by atoms with E-state index in [2.05, 4.69) is 35.1 Å². The van der Waals surface area contributed by atoms with Crippen LogP contribution in [0.4, 0.5) is 5.69 Å². The van der Waals surface area contributed by atoms with Gasteiger partial charge in [-0.25, -0.2) is 4.79 Å². The molecule has 0 saturated carbocycles. The van der Waals surface area contributed by atoms with E-state index >= 15 is 0 Å². The molecule has 0 bridgehead atoms. The molecule has 0 unspecified atom stereocenters. The van der Waals surface area contributed by atoms with Gasteiger partial charge in [0.25, 0.3) is 5.91 Å². The van der Waals surface area contributed by atoms with Crippen molar-refractivity contribution in [3.8, 4) is 0 Å². The van der Waals surface area contributed by atoms with Crippen LogP contribution in [0.1, 0.15) is 49.0 Å². The lowest BCUT2D eigenvalue weighted by Gasteiger charge is -2.18. The predicted octanol–water partition coefficient (Wildman–Crippen LogP) is 5.15. The Balaban J connectivity index is 2.06. The minimum absolute atomic E-state index is 0.328. The molecule has 0 aliphatic rings. The van der Waals surface area contributed by atoms with Gasteiger partial charge in [-0.3, -0.25) is 4.79 Å². The van der Waals surface area contributed by atoms with Crippen molar-refractivity contribution in [3.05, 3.63) is 64.1 Å². The first-order valence-corrected chi connectivity index (χ1v) is 9.08. The molecule has 0 radical (unpaired) electrons. The fourth-order valence-electron chi connectivity index (χ4n) is 2.40. The smallest absolute Gasteiger partial charge is 0.340 e. The van der Waals surface area contributed by atoms with Crippen LogP contribution in [0.5, 0.6) is 0 Å². The lowest BCUT2D eigenvalue weighted by atomic mass is 9.97. The molecular formula is C20H22BrNO3. The number of para-hydroxylation sites is 1. The summed E-state index contributed by atoms with van der Waals surface area (Å²) >= 11 is 3.31. The Morgan fingerprint density at radius 2 is 1.72 bits per heavy atom. The minimum Gasteiger partial charge on any atom is -0.449 e. The van der Waals surface area contributed by atoms with Crippen molar-refractivity contribution in [1.82, 2.24) is 0 Å². The Hall–Kier alpha value is -2.14. The molecule has 0 spiro atoms. The van der Waals surface area contributed by atoms with Crippen molar-refractivity contribution in [3.63, 3.8) is 0 Å². The van der Waals surface area contributed by atoms with E-state index in [1.165, 1.54) is 0 Å². The summed E-state index contributed by atoms with van der Waals surface area (Å²) in [5.41, 5.74) is 2.22. The number of anilines is 1. The van der Waals surface area contributed by atoms with E-state index in [0.717, 1.165) is 17.7 Å². The largest absolute Gasteiger partial charge is 0.449 e. The maximum Gasteiger partial charge on any atom is 0.340 e. The second-order valence-electron chi connectivity index (χ2n) is 5.91. The first kappa shape index (κ1) is 19.2. The van der Waals surface area contributed by atoms with Crippen LogP contribution in [0.2, 0.25) is 0 Å². The van der Waals surface area contributed by atoms with Crippen LogP contribution in [-0.4, -0.2) is 18.0 Å². The second-order valence-corrected chi connectivity index (χ2v) is 6.77. The highest BCUT2D eigenvalue weighted by atomic mass is 79.9. The zero-order chi connectivity index (χ0) is 18.4. The zero-order valence-electron chi connectivity index (χ0n) is 14.6. The van der Waals surface area contributed by atoms with Gasteiger partial charge >= 0.3 is 5.97 Å². The van der Waals surface area contributed by atoms with Crippen molar-refractivity contribution >= 4 is 33.5 Å². The van der Waals surface area contributed by atoms with Gasteiger partial charge in [0.15, 0.2) is 6.10 Å². The normalized spacial score (nSPS) is 13.0. The molecule has 2 rings (SSSR count). The number of hydrogen-bond donors (Lipinski definition) is 1. The number of esters is 1. The Bertz CT molecular complexity index is 760. The van der Waals surface area contributed by atoms with Crippen LogP contribution in [-0.2, 0) is 9.53 Å². The number of carbonyl (C=O) groups is 2. The summed E-state index contributed by atoms with van der Waals surface area (Å²) in [6, 6.07) is 14.6. The number of rotatable bonds is 6. The highest BCUT2D eigenvalue weighted by Crippen LogP contribution is 2.26. The molecule has 0 aliphatic carbocycles. The molecule has 132 valence electrons. The van der Waals surface area contributed by atoms with Crippen molar-refractivity contribution in [1.29, 1.82) is 0 Å². The fraction of sp³-hybridized carbons (Fsp3) is 0.300. The number of ether oxygens (including phenoxy) is 1. The van der Waals surface area contributed by atoms with Gasteiger partial charge in [-0.1, -0.05) is 44.2 Å². The van der Waals surface area contributed by atoms with E-state index in [9.17, 15) is 9.59 Å². The summed E-state index contributed by atoms with van der Waals surface area (Å²) in [5.74, 6) is -0.559. The van der Waals surface area contributed by atoms with E-state index in [1.807, 2.05) is 30.3 Å². The average Bonchev–Trinajstić information content (AvgIpc) is 2.61. The molecule has 1 amide bonds. The standard InChI is InChI=1S/C20H22BrNO3/c1-4-13(2)15-9-6-8-12-18(15)22-19(23)14(3)25-20(24)16-10-5-7-11-17(16)21/h5-14H,4H2,1-3H3,(H,22,23)/t13-,14+/m0/s1.